The summed E-state index contributed by atoms with van der Waals surface area (Å²) >= 11 is 6.84. The second-order valence-electron chi connectivity index (χ2n) is 9.92. The van der Waals surface area contributed by atoms with Gasteiger partial charge in [-0.3, -0.25) is 4.40 Å². The minimum atomic E-state index is -2.42. The summed E-state index contributed by atoms with van der Waals surface area (Å²) in [5, 5.41) is 9.55. The lowest BCUT2D eigenvalue weighted by atomic mass is 10.0. The van der Waals surface area contributed by atoms with Crippen LogP contribution in [0.2, 0.25) is 0 Å². The third kappa shape index (κ3) is 3.21. The Hall–Kier alpha value is -4.30. The van der Waals surface area contributed by atoms with Gasteiger partial charge in [-0.15, -0.1) is 0 Å². The Morgan fingerprint density at radius 2 is 1.10 bits per heavy atom. The number of hydrogen-bond acceptors (Lipinski definition) is 2. The maximum absolute atomic E-state index is 6.84. The average molecular weight is 535 g/mol. The molecule has 8 aromatic rings. The van der Waals surface area contributed by atoms with E-state index in [1.165, 1.54) is 43.0 Å². The predicted octanol–water partition coefficient (Wildman–Crippen LogP) is 7.70. The van der Waals surface area contributed by atoms with Crippen LogP contribution in [0, 0.1) is 0 Å². The molecule has 0 saturated carbocycles. The summed E-state index contributed by atoms with van der Waals surface area (Å²) in [5.41, 5.74) is 4.23. The summed E-state index contributed by atoms with van der Waals surface area (Å²) in [6, 6.07) is 47.1. The highest BCUT2D eigenvalue weighted by molar-refractivity contribution is 8.25. The first-order valence-electron chi connectivity index (χ1n) is 13.1. The highest BCUT2D eigenvalue weighted by Gasteiger charge is 2.29. The molecule has 0 aliphatic carbocycles. The summed E-state index contributed by atoms with van der Waals surface area (Å²) in [5.74, 6) is 0. The van der Waals surface area contributed by atoms with Gasteiger partial charge in [0.2, 0.25) is 0 Å². The van der Waals surface area contributed by atoms with Gasteiger partial charge in [-0.2, -0.15) is 0 Å². The van der Waals surface area contributed by atoms with Crippen LogP contribution in [-0.2, 0) is 11.8 Å². The zero-order valence-electron chi connectivity index (χ0n) is 21.0. The van der Waals surface area contributed by atoms with Gasteiger partial charge in [-0.05, 0) is 27.4 Å². The Balaban J connectivity index is 1.66. The number of aromatic nitrogens is 2. The minimum Gasteiger partial charge on any atom is -0.290 e. The Morgan fingerprint density at radius 3 is 1.82 bits per heavy atom. The van der Waals surface area contributed by atoms with Crippen LogP contribution in [0.1, 0.15) is 0 Å². The normalized spacial score (nSPS) is 12.2. The van der Waals surface area contributed by atoms with Crippen molar-refractivity contribution in [2.24, 2.45) is 0 Å². The van der Waals surface area contributed by atoms with Crippen LogP contribution in [0.4, 0.5) is 0 Å². The number of hydrogen-bond donors (Lipinski definition) is 0. The van der Waals surface area contributed by atoms with Gasteiger partial charge < -0.3 is 0 Å². The summed E-state index contributed by atoms with van der Waals surface area (Å²) < 4.78 is 2.40. The molecule has 2 aromatic heterocycles. The summed E-state index contributed by atoms with van der Waals surface area (Å²) in [7, 11) is 0. The third-order valence-corrected chi connectivity index (χ3v) is 12.8. The van der Waals surface area contributed by atoms with E-state index in [1.807, 2.05) is 0 Å². The number of fused-ring (bicyclic) bond motifs is 10. The highest BCUT2D eigenvalue weighted by atomic mass is 32.4. The molecule has 0 aliphatic rings. The van der Waals surface area contributed by atoms with E-state index in [0.717, 1.165) is 22.1 Å². The molecule has 2 nitrogen and oxygen atoms in total. The van der Waals surface area contributed by atoms with E-state index in [9.17, 15) is 0 Å². The van der Waals surface area contributed by atoms with Crippen molar-refractivity contribution >= 4 is 82.9 Å². The van der Waals surface area contributed by atoms with Crippen molar-refractivity contribution in [2.45, 2.75) is 0 Å². The van der Waals surface area contributed by atoms with E-state index >= 15 is 0 Å². The zero-order valence-corrected chi connectivity index (χ0v) is 22.7. The largest absolute Gasteiger partial charge is 0.290 e. The van der Waals surface area contributed by atoms with Gasteiger partial charge in [0.1, 0.15) is 5.65 Å². The fourth-order valence-electron chi connectivity index (χ4n) is 6.09. The van der Waals surface area contributed by atoms with Gasteiger partial charge in [0.05, 0.1) is 16.6 Å². The molecule has 4 heteroatoms. The number of para-hydroxylation sites is 1. The quantitative estimate of drug-likeness (QED) is 0.171. The maximum atomic E-state index is 6.84. The summed E-state index contributed by atoms with van der Waals surface area (Å²) in [6.07, 6.45) is 0. The van der Waals surface area contributed by atoms with Crippen molar-refractivity contribution in [3.63, 3.8) is 0 Å². The van der Waals surface area contributed by atoms with Crippen molar-refractivity contribution in [1.29, 1.82) is 0 Å². The van der Waals surface area contributed by atoms with E-state index in [-0.39, 0.29) is 0 Å². The van der Waals surface area contributed by atoms with Crippen molar-refractivity contribution in [1.82, 2.24) is 9.38 Å². The van der Waals surface area contributed by atoms with Crippen LogP contribution in [-0.4, -0.2) is 9.38 Å². The molecule has 8 rings (SSSR count). The van der Waals surface area contributed by atoms with Crippen molar-refractivity contribution in [3.05, 3.63) is 140 Å². The van der Waals surface area contributed by atoms with Crippen LogP contribution < -0.4 is 15.9 Å². The smallest absolute Gasteiger partial charge is 0.146 e. The molecule has 0 unspecified atom stereocenters. The summed E-state index contributed by atoms with van der Waals surface area (Å²) in [4.78, 5) is 5.30. The monoisotopic (exact) mass is 534 g/mol. The molecular formula is C35H23N2PS. The topological polar surface area (TPSA) is 17.3 Å². The molecule has 2 heterocycles. The zero-order chi connectivity index (χ0) is 26.0. The average Bonchev–Trinajstić information content (AvgIpc) is 3.41. The Morgan fingerprint density at radius 1 is 0.487 bits per heavy atom. The van der Waals surface area contributed by atoms with E-state index in [4.69, 9.17) is 16.8 Å². The first-order valence-corrected chi connectivity index (χ1v) is 15.9. The molecule has 0 N–H and O–H groups in total. The molecule has 184 valence electrons. The Kier molecular flexibility index (Phi) is 5.00. The third-order valence-electron chi connectivity index (χ3n) is 7.82. The highest BCUT2D eigenvalue weighted by Crippen LogP contribution is 2.46. The van der Waals surface area contributed by atoms with Crippen molar-refractivity contribution in [3.8, 4) is 0 Å². The molecule has 0 radical (unpaired) electrons. The number of rotatable bonds is 3. The first kappa shape index (κ1) is 22.7. The molecule has 0 amide bonds. The second-order valence-corrected chi connectivity index (χ2v) is 14.3. The first-order chi connectivity index (χ1) is 19.2. The van der Waals surface area contributed by atoms with Crippen molar-refractivity contribution < 1.29 is 0 Å². The fraction of sp³-hybridized carbons (Fsp3) is 0. The summed E-state index contributed by atoms with van der Waals surface area (Å²) in [6.45, 7) is 0. The maximum Gasteiger partial charge on any atom is 0.146 e. The lowest BCUT2D eigenvalue weighted by Gasteiger charge is -2.25. The molecule has 0 atom stereocenters. The molecule has 6 aromatic carbocycles. The van der Waals surface area contributed by atoms with Crippen LogP contribution in [0.3, 0.4) is 0 Å². The fourth-order valence-corrected chi connectivity index (χ4v) is 10.1. The number of nitrogens with zero attached hydrogens (tertiary/aromatic N) is 2. The van der Waals surface area contributed by atoms with E-state index in [0.29, 0.717) is 0 Å². The van der Waals surface area contributed by atoms with Crippen LogP contribution in [0.25, 0.3) is 49.1 Å². The number of pyridine rings is 1. The van der Waals surface area contributed by atoms with Crippen LogP contribution in [0.15, 0.2) is 140 Å². The van der Waals surface area contributed by atoms with E-state index in [2.05, 4.69) is 144 Å². The van der Waals surface area contributed by atoms with E-state index in [1.54, 1.807) is 0 Å². The van der Waals surface area contributed by atoms with Crippen LogP contribution >= 0.6 is 6.04 Å². The molecule has 39 heavy (non-hydrogen) atoms. The van der Waals surface area contributed by atoms with Gasteiger partial charge in [-0.25, -0.2) is 4.98 Å². The molecule has 0 spiro atoms. The molecule has 0 fully saturated rings. The predicted molar refractivity (Wildman–Crippen MR) is 171 cm³/mol. The Bertz CT molecular complexity index is 2210. The molecular weight excluding hydrogens is 511 g/mol. The van der Waals surface area contributed by atoms with Gasteiger partial charge in [0.25, 0.3) is 0 Å². The lowest BCUT2D eigenvalue weighted by Crippen LogP contribution is -2.25. The van der Waals surface area contributed by atoms with Crippen molar-refractivity contribution in [2.75, 3.05) is 0 Å². The minimum absolute atomic E-state index is 0.971. The molecule has 0 bridgehead atoms. The molecule has 0 saturated heterocycles. The van der Waals surface area contributed by atoms with E-state index < -0.39 is 6.04 Å². The molecule has 0 aliphatic heterocycles. The second kappa shape index (κ2) is 8.61. The van der Waals surface area contributed by atoms with Gasteiger partial charge >= 0.3 is 0 Å². The standard InChI is InChI=1S/C35H23N2PS/c39-38(25-13-3-1-4-14-25,26-15-5-2-6-16-26)32-21-11-20-31-34(32)37-33-27-17-8-7-12-24(27)22-23-29(33)28-18-9-10-19-30(28)35(37)36-31/h1-23H. The van der Waals surface area contributed by atoms with Crippen LogP contribution in [0.5, 0.6) is 0 Å². The Labute approximate surface area is 231 Å². The van der Waals surface area contributed by atoms with Gasteiger partial charge in [0.15, 0.2) is 0 Å². The number of imidazole rings is 1. The van der Waals surface area contributed by atoms with Gasteiger partial charge in [0, 0.05) is 27.5 Å². The number of benzene rings is 6. The lowest BCUT2D eigenvalue weighted by molar-refractivity contribution is 1.33. The van der Waals surface area contributed by atoms with Gasteiger partial charge in [-0.1, -0.05) is 145 Å². The SMILES string of the molecule is S=P(c1ccccc1)(c1ccccc1)c1cccc2nc3c4ccccc4c4ccc5ccccc5c4n3c12.